The summed E-state index contributed by atoms with van der Waals surface area (Å²) in [5.41, 5.74) is 15.1. The van der Waals surface area contributed by atoms with Gasteiger partial charge in [-0.25, -0.2) is 0 Å². The minimum atomic E-state index is 0.774. The lowest BCUT2D eigenvalue weighted by Gasteiger charge is -1.99. The second-order valence-electron chi connectivity index (χ2n) is 3.63. The molecule has 0 aliphatic heterocycles. The number of anilines is 2. The molecular formula is C14H14N2. The smallest absolute Gasteiger partial charge is 0.0387 e. The lowest BCUT2D eigenvalue weighted by molar-refractivity contribution is 1.63. The van der Waals surface area contributed by atoms with E-state index in [2.05, 4.69) is 0 Å². The number of nitrogens with two attached hydrogens (primary N) is 2. The first-order valence-corrected chi connectivity index (χ1v) is 5.14. The van der Waals surface area contributed by atoms with Crippen LogP contribution in [0.2, 0.25) is 0 Å². The lowest BCUT2D eigenvalue weighted by atomic mass is 10.1. The van der Waals surface area contributed by atoms with Crippen molar-refractivity contribution < 1.29 is 0 Å². The number of nitrogen functional groups attached to an aromatic ring is 2. The first kappa shape index (κ1) is 10.3. The molecule has 16 heavy (non-hydrogen) atoms. The number of hydrogen-bond donors (Lipinski definition) is 2. The van der Waals surface area contributed by atoms with Gasteiger partial charge in [0, 0.05) is 11.4 Å². The Bertz CT molecular complexity index is 498. The summed E-state index contributed by atoms with van der Waals surface area (Å²) >= 11 is 0. The zero-order valence-electron chi connectivity index (χ0n) is 8.93. The van der Waals surface area contributed by atoms with Crippen molar-refractivity contribution in [3.8, 4) is 0 Å². The van der Waals surface area contributed by atoms with Gasteiger partial charge in [0.05, 0.1) is 0 Å². The summed E-state index contributed by atoms with van der Waals surface area (Å²) in [6.07, 6.45) is 4.02. The van der Waals surface area contributed by atoms with Gasteiger partial charge in [0.2, 0.25) is 0 Å². The summed E-state index contributed by atoms with van der Waals surface area (Å²) in [4.78, 5) is 0. The van der Waals surface area contributed by atoms with Crippen molar-refractivity contribution in [1.82, 2.24) is 0 Å². The molecule has 0 radical (unpaired) electrons. The monoisotopic (exact) mass is 210 g/mol. The Balaban J connectivity index is 2.21. The van der Waals surface area contributed by atoms with Crippen LogP contribution in [0.5, 0.6) is 0 Å². The summed E-state index contributed by atoms with van der Waals surface area (Å²) in [6.45, 7) is 0. The van der Waals surface area contributed by atoms with Gasteiger partial charge in [-0.05, 0) is 29.3 Å². The van der Waals surface area contributed by atoms with E-state index in [0.717, 1.165) is 22.5 Å². The van der Waals surface area contributed by atoms with Crippen molar-refractivity contribution >= 4 is 23.5 Å². The molecule has 2 rings (SSSR count). The summed E-state index contributed by atoms with van der Waals surface area (Å²) in [5.74, 6) is 0. The molecule has 2 aromatic rings. The van der Waals surface area contributed by atoms with Crippen LogP contribution in [0.15, 0.2) is 48.5 Å². The highest BCUT2D eigenvalue weighted by atomic mass is 14.5. The molecule has 2 nitrogen and oxygen atoms in total. The van der Waals surface area contributed by atoms with Gasteiger partial charge >= 0.3 is 0 Å². The van der Waals surface area contributed by atoms with Gasteiger partial charge in [-0.3, -0.25) is 0 Å². The normalized spacial score (nSPS) is 10.8. The molecule has 0 saturated carbocycles. The van der Waals surface area contributed by atoms with E-state index in [1.165, 1.54) is 0 Å². The largest absolute Gasteiger partial charge is 0.399 e. The second kappa shape index (κ2) is 4.53. The third-order valence-electron chi connectivity index (χ3n) is 2.39. The Labute approximate surface area is 95.2 Å². The SMILES string of the molecule is Nc1ccc(C=Cc2ccccc2N)cc1. The average molecular weight is 210 g/mol. The van der Waals surface area contributed by atoms with Gasteiger partial charge in [-0.15, -0.1) is 0 Å². The van der Waals surface area contributed by atoms with Crippen LogP contribution in [0, 0.1) is 0 Å². The molecule has 0 amide bonds. The zero-order valence-corrected chi connectivity index (χ0v) is 8.93. The molecule has 0 unspecified atom stereocenters. The Morgan fingerprint density at radius 3 is 2.12 bits per heavy atom. The molecule has 0 aliphatic carbocycles. The minimum Gasteiger partial charge on any atom is -0.399 e. The van der Waals surface area contributed by atoms with Crippen LogP contribution in [0.4, 0.5) is 11.4 Å². The fraction of sp³-hybridized carbons (Fsp3) is 0. The molecule has 2 aromatic carbocycles. The lowest BCUT2D eigenvalue weighted by Crippen LogP contribution is -1.87. The highest BCUT2D eigenvalue weighted by molar-refractivity contribution is 5.75. The highest BCUT2D eigenvalue weighted by Crippen LogP contribution is 2.15. The van der Waals surface area contributed by atoms with Crippen molar-refractivity contribution in [3.05, 3.63) is 59.7 Å². The van der Waals surface area contributed by atoms with Crippen molar-refractivity contribution in [1.29, 1.82) is 0 Å². The quantitative estimate of drug-likeness (QED) is 0.591. The predicted octanol–water partition coefficient (Wildman–Crippen LogP) is 3.02. The molecular weight excluding hydrogens is 196 g/mol. The van der Waals surface area contributed by atoms with Crippen molar-refractivity contribution in [2.75, 3.05) is 11.5 Å². The molecule has 0 atom stereocenters. The van der Waals surface area contributed by atoms with E-state index in [1.54, 1.807) is 0 Å². The third-order valence-corrected chi connectivity index (χ3v) is 2.39. The third kappa shape index (κ3) is 2.42. The molecule has 0 aromatic heterocycles. The molecule has 4 N–H and O–H groups in total. The van der Waals surface area contributed by atoms with Gasteiger partial charge in [-0.1, -0.05) is 42.5 Å². The second-order valence-corrected chi connectivity index (χ2v) is 3.63. The van der Waals surface area contributed by atoms with Gasteiger partial charge in [0.1, 0.15) is 0 Å². The summed E-state index contributed by atoms with van der Waals surface area (Å²) < 4.78 is 0. The summed E-state index contributed by atoms with van der Waals surface area (Å²) in [7, 11) is 0. The van der Waals surface area contributed by atoms with E-state index in [9.17, 15) is 0 Å². The molecule has 80 valence electrons. The maximum Gasteiger partial charge on any atom is 0.0387 e. The van der Waals surface area contributed by atoms with E-state index in [-0.39, 0.29) is 0 Å². The van der Waals surface area contributed by atoms with Gasteiger partial charge in [0.25, 0.3) is 0 Å². The maximum atomic E-state index is 5.84. The van der Waals surface area contributed by atoms with E-state index < -0.39 is 0 Å². The van der Waals surface area contributed by atoms with Crippen LogP contribution in [-0.4, -0.2) is 0 Å². The molecule has 0 heterocycles. The van der Waals surface area contributed by atoms with Gasteiger partial charge in [0.15, 0.2) is 0 Å². The number of rotatable bonds is 2. The van der Waals surface area contributed by atoms with Crippen molar-refractivity contribution in [2.24, 2.45) is 0 Å². The molecule has 0 aliphatic rings. The van der Waals surface area contributed by atoms with E-state index in [0.29, 0.717) is 0 Å². The van der Waals surface area contributed by atoms with E-state index >= 15 is 0 Å². The van der Waals surface area contributed by atoms with E-state index in [1.807, 2.05) is 60.7 Å². The topological polar surface area (TPSA) is 52.0 Å². The Kier molecular flexibility index (Phi) is 2.92. The molecule has 0 spiro atoms. The zero-order chi connectivity index (χ0) is 11.4. The summed E-state index contributed by atoms with van der Waals surface area (Å²) in [5, 5.41) is 0. The van der Waals surface area contributed by atoms with Crippen LogP contribution >= 0.6 is 0 Å². The number of para-hydroxylation sites is 1. The highest BCUT2D eigenvalue weighted by Gasteiger charge is 1.92. The van der Waals surface area contributed by atoms with E-state index in [4.69, 9.17) is 11.5 Å². The Hall–Kier alpha value is -2.22. The van der Waals surface area contributed by atoms with Crippen molar-refractivity contribution in [2.45, 2.75) is 0 Å². The van der Waals surface area contributed by atoms with Gasteiger partial charge < -0.3 is 11.5 Å². The van der Waals surface area contributed by atoms with Gasteiger partial charge in [-0.2, -0.15) is 0 Å². The first-order chi connectivity index (χ1) is 7.75. The van der Waals surface area contributed by atoms with Crippen LogP contribution in [-0.2, 0) is 0 Å². The van der Waals surface area contributed by atoms with Crippen LogP contribution < -0.4 is 11.5 Å². The number of benzene rings is 2. The predicted molar refractivity (Wildman–Crippen MR) is 70.6 cm³/mol. The standard InChI is InChI=1S/C14H14N2/c15-13-9-6-11(7-10-13)5-8-12-3-1-2-4-14(12)16/h1-10H,15-16H2. The fourth-order valence-electron chi connectivity index (χ4n) is 1.46. The fourth-order valence-corrected chi connectivity index (χ4v) is 1.46. The van der Waals surface area contributed by atoms with Crippen LogP contribution in [0.3, 0.4) is 0 Å². The molecule has 0 bridgehead atoms. The summed E-state index contributed by atoms with van der Waals surface area (Å²) in [6, 6.07) is 15.5. The van der Waals surface area contributed by atoms with Crippen molar-refractivity contribution in [3.63, 3.8) is 0 Å². The average Bonchev–Trinajstić information content (AvgIpc) is 2.30. The minimum absolute atomic E-state index is 0.774. The first-order valence-electron chi connectivity index (χ1n) is 5.14. The Morgan fingerprint density at radius 1 is 0.750 bits per heavy atom. The molecule has 2 heteroatoms. The Morgan fingerprint density at radius 2 is 1.44 bits per heavy atom. The molecule has 0 fully saturated rings. The number of hydrogen-bond acceptors (Lipinski definition) is 2. The maximum absolute atomic E-state index is 5.84. The molecule has 0 saturated heterocycles. The van der Waals surface area contributed by atoms with Crippen LogP contribution in [0.1, 0.15) is 11.1 Å². The van der Waals surface area contributed by atoms with Crippen LogP contribution in [0.25, 0.3) is 12.2 Å².